The quantitative estimate of drug-likeness (QED) is 0.476. The highest BCUT2D eigenvalue weighted by Crippen LogP contribution is 2.37. The van der Waals surface area contributed by atoms with Crippen molar-refractivity contribution in [2.45, 2.75) is 31.3 Å². The van der Waals surface area contributed by atoms with E-state index in [1.54, 1.807) is 37.4 Å². The minimum Gasteiger partial charge on any atom is -0.487 e. The third kappa shape index (κ3) is 5.33. The Morgan fingerprint density at radius 2 is 1.94 bits per heavy atom. The molecule has 1 saturated heterocycles. The molecule has 9 heteroatoms. The maximum Gasteiger partial charge on any atom is 0.269 e. The Morgan fingerprint density at radius 1 is 1.26 bits per heavy atom. The Kier molecular flexibility index (Phi) is 7.48. The number of ether oxygens (including phenoxy) is 3. The van der Waals surface area contributed by atoms with Gasteiger partial charge in [-0.25, -0.2) is 0 Å². The molecular weight excluding hydrogens is 424 g/mol. The van der Waals surface area contributed by atoms with E-state index in [-0.39, 0.29) is 17.7 Å². The number of nitro benzene ring substituents is 1. The van der Waals surface area contributed by atoms with Crippen molar-refractivity contribution in [3.05, 3.63) is 63.2 Å². The smallest absolute Gasteiger partial charge is 0.269 e. The molecule has 0 unspecified atom stereocenters. The molecule has 0 bridgehead atoms. The Bertz CT molecular complexity index is 928. The first-order valence-electron chi connectivity index (χ1n) is 9.95. The molecule has 0 radical (unpaired) electrons. The van der Waals surface area contributed by atoms with Crippen molar-refractivity contribution in [2.24, 2.45) is 0 Å². The molecular formula is C22H25ClN2O6. The minimum absolute atomic E-state index is 0.0172. The summed E-state index contributed by atoms with van der Waals surface area (Å²) in [5.74, 6) is 0.294. The predicted octanol–water partition coefficient (Wildman–Crippen LogP) is 4.35. The lowest BCUT2D eigenvalue weighted by Crippen LogP contribution is -2.44. The molecule has 0 aromatic heterocycles. The molecule has 1 N–H and O–H groups in total. The van der Waals surface area contributed by atoms with Gasteiger partial charge in [0.2, 0.25) is 5.91 Å². The Morgan fingerprint density at radius 3 is 2.52 bits per heavy atom. The van der Waals surface area contributed by atoms with Crippen LogP contribution in [0.1, 0.15) is 25.3 Å². The monoisotopic (exact) mass is 448 g/mol. The zero-order chi connectivity index (χ0) is 22.4. The molecule has 3 rings (SSSR count). The number of hydrogen-bond donors (Lipinski definition) is 1. The highest BCUT2D eigenvalue weighted by atomic mass is 35.5. The van der Waals surface area contributed by atoms with Crippen LogP contribution in [0.2, 0.25) is 5.02 Å². The van der Waals surface area contributed by atoms with Crippen molar-refractivity contribution < 1.29 is 23.9 Å². The van der Waals surface area contributed by atoms with E-state index in [9.17, 15) is 14.9 Å². The van der Waals surface area contributed by atoms with Crippen LogP contribution in [0.15, 0.2) is 42.5 Å². The molecule has 0 saturated carbocycles. The van der Waals surface area contributed by atoms with Crippen LogP contribution in [-0.2, 0) is 19.7 Å². The van der Waals surface area contributed by atoms with E-state index in [2.05, 4.69) is 5.32 Å². The van der Waals surface area contributed by atoms with Crippen molar-refractivity contribution in [3.8, 4) is 5.75 Å². The minimum atomic E-state index is -0.845. The highest BCUT2D eigenvalue weighted by Gasteiger charge is 2.42. The van der Waals surface area contributed by atoms with E-state index < -0.39 is 10.3 Å². The maximum atomic E-state index is 13.4. The molecule has 1 fully saturated rings. The summed E-state index contributed by atoms with van der Waals surface area (Å²) >= 11 is 6.34. The number of carbonyl (C=O) groups excluding carboxylic acids is 1. The molecule has 31 heavy (non-hydrogen) atoms. The molecule has 1 aliphatic heterocycles. The molecule has 1 amide bonds. The van der Waals surface area contributed by atoms with Gasteiger partial charge in [0.15, 0.2) is 0 Å². The van der Waals surface area contributed by atoms with Crippen LogP contribution in [0, 0.1) is 10.1 Å². The lowest BCUT2D eigenvalue weighted by molar-refractivity contribution is -0.384. The lowest BCUT2D eigenvalue weighted by Gasteiger charge is -2.36. The third-order valence-electron chi connectivity index (χ3n) is 5.33. The second-order valence-corrected chi connectivity index (χ2v) is 7.89. The first-order valence-corrected chi connectivity index (χ1v) is 10.3. The number of amides is 1. The van der Waals surface area contributed by atoms with Gasteiger partial charge in [-0.05, 0) is 43.5 Å². The number of carbonyl (C=O) groups is 1. The van der Waals surface area contributed by atoms with Crippen molar-refractivity contribution in [3.63, 3.8) is 0 Å². The molecule has 1 atom stereocenters. The van der Waals surface area contributed by atoms with Gasteiger partial charge in [0, 0.05) is 38.1 Å². The number of non-ortho nitro benzene ring substituents is 1. The van der Waals surface area contributed by atoms with Crippen LogP contribution >= 0.6 is 11.6 Å². The van der Waals surface area contributed by atoms with Crippen molar-refractivity contribution in [1.29, 1.82) is 0 Å². The summed E-state index contributed by atoms with van der Waals surface area (Å²) in [6.45, 7) is 3.15. The number of methoxy groups -OCH3 is 1. The SMILES string of the molecule is COC[C@@H](C)Oc1ccc(NC(=O)C2(c3ccc([N+](=O)[O-])cc3)CCOCC2)cc1Cl. The molecule has 0 spiro atoms. The van der Waals surface area contributed by atoms with Gasteiger partial charge in [0.05, 0.1) is 22.0 Å². The van der Waals surface area contributed by atoms with Crippen molar-refractivity contribution in [1.82, 2.24) is 0 Å². The van der Waals surface area contributed by atoms with Gasteiger partial charge >= 0.3 is 0 Å². The summed E-state index contributed by atoms with van der Waals surface area (Å²) in [7, 11) is 1.59. The summed E-state index contributed by atoms with van der Waals surface area (Å²) < 4.78 is 16.3. The number of nitrogens with one attached hydrogen (secondary N) is 1. The van der Waals surface area contributed by atoms with E-state index in [1.165, 1.54) is 12.1 Å². The molecule has 2 aromatic rings. The normalized spacial score (nSPS) is 16.4. The first-order chi connectivity index (χ1) is 14.9. The van der Waals surface area contributed by atoms with E-state index in [1.807, 2.05) is 6.92 Å². The lowest BCUT2D eigenvalue weighted by atomic mass is 9.73. The number of hydrogen-bond acceptors (Lipinski definition) is 6. The van der Waals surface area contributed by atoms with Crippen LogP contribution in [0.4, 0.5) is 11.4 Å². The van der Waals surface area contributed by atoms with E-state index in [0.29, 0.717) is 49.1 Å². The number of halogens is 1. The van der Waals surface area contributed by atoms with E-state index in [4.69, 9.17) is 25.8 Å². The van der Waals surface area contributed by atoms with Gasteiger partial charge in [0.25, 0.3) is 5.69 Å². The predicted molar refractivity (Wildman–Crippen MR) is 117 cm³/mol. The van der Waals surface area contributed by atoms with Crippen LogP contribution in [0.3, 0.4) is 0 Å². The van der Waals surface area contributed by atoms with Crippen molar-refractivity contribution >= 4 is 28.9 Å². The molecule has 8 nitrogen and oxygen atoms in total. The van der Waals surface area contributed by atoms with Crippen LogP contribution < -0.4 is 10.1 Å². The summed E-state index contributed by atoms with van der Waals surface area (Å²) in [6.07, 6.45) is 0.774. The highest BCUT2D eigenvalue weighted by molar-refractivity contribution is 6.32. The molecule has 0 aliphatic carbocycles. The number of rotatable bonds is 8. The van der Waals surface area contributed by atoms with Gasteiger partial charge in [-0.3, -0.25) is 14.9 Å². The number of anilines is 1. The molecule has 1 heterocycles. The third-order valence-corrected chi connectivity index (χ3v) is 5.63. The standard InChI is InChI=1S/C22H25ClN2O6/c1-15(14-29-2)31-20-8-5-17(13-19(20)23)24-21(26)22(9-11-30-12-10-22)16-3-6-18(7-4-16)25(27)28/h3-8,13,15H,9-12,14H2,1-2H3,(H,24,26)/t15-/m1/s1. The zero-order valence-corrected chi connectivity index (χ0v) is 18.2. The zero-order valence-electron chi connectivity index (χ0n) is 17.4. The number of benzene rings is 2. The van der Waals surface area contributed by atoms with Crippen LogP contribution in [-0.4, -0.2) is 43.9 Å². The summed E-state index contributed by atoms with van der Waals surface area (Å²) in [6, 6.07) is 11.2. The average molecular weight is 449 g/mol. The van der Waals surface area contributed by atoms with Gasteiger partial charge in [0.1, 0.15) is 11.9 Å². The Hall–Kier alpha value is -2.68. The van der Waals surface area contributed by atoms with Crippen molar-refractivity contribution in [2.75, 3.05) is 32.2 Å². The fourth-order valence-corrected chi connectivity index (χ4v) is 3.90. The van der Waals surface area contributed by atoms with E-state index >= 15 is 0 Å². The fraction of sp³-hybridized carbons (Fsp3) is 0.409. The second-order valence-electron chi connectivity index (χ2n) is 7.48. The summed E-state index contributed by atoms with van der Waals surface area (Å²) in [5.41, 5.74) is 0.395. The molecule has 2 aromatic carbocycles. The van der Waals surface area contributed by atoms with Crippen LogP contribution in [0.5, 0.6) is 5.75 Å². The Balaban J connectivity index is 1.81. The largest absolute Gasteiger partial charge is 0.487 e. The number of nitro groups is 1. The van der Waals surface area contributed by atoms with Gasteiger partial charge in [-0.15, -0.1) is 0 Å². The van der Waals surface area contributed by atoms with Gasteiger partial charge < -0.3 is 19.5 Å². The van der Waals surface area contributed by atoms with Gasteiger partial charge in [-0.2, -0.15) is 0 Å². The van der Waals surface area contributed by atoms with E-state index in [0.717, 1.165) is 5.56 Å². The molecule has 1 aliphatic rings. The average Bonchev–Trinajstić information content (AvgIpc) is 2.76. The van der Waals surface area contributed by atoms with Crippen LogP contribution in [0.25, 0.3) is 0 Å². The molecule has 166 valence electrons. The van der Waals surface area contributed by atoms with Gasteiger partial charge in [-0.1, -0.05) is 23.7 Å². The Labute approximate surface area is 185 Å². The number of nitrogens with zero attached hydrogens (tertiary/aromatic N) is 1. The maximum absolute atomic E-state index is 13.4. The summed E-state index contributed by atoms with van der Waals surface area (Å²) in [5, 5.41) is 14.3. The summed E-state index contributed by atoms with van der Waals surface area (Å²) in [4.78, 5) is 23.9. The topological polar surface area (TPSA) is 99.9 Å². The first kappa shape index (κ1) is 23.0. The fourth-order valence-electron chi connectivity index (χ4n) is 3.68. The second kappa shape index (κ2) is 10.1.